The van der Waals surface area contributed by atoms with Gasteiger partial charge in [0, 0.05) is 30.9 Å². The molecule has 1 aromatic rings. The molecule has 0 atom stereocenters. The summed E-state index contributed by atoms with van der Waals surface area (Å²) in [6.07, 6.45) is 7.36. The van der Waals surface area contributed by atoms with Gasteiger partial charge < -0.3 is 0 Å². The summed E-state index contributed by atoms with van der Waals surface area (Å²) in [4.78, 5) is 4.46. The van der Waals surface area contributed by atoms with Crippen molar-refractivity contribution in [3.05, 3.63) is 35.7 Å². The standard InChI is InChI=1S/C13H19N3O2S/c1-2-3-11-4-5-13(15-10-11)12-6-8-16(9-7-12)19(14,17)18/h2-5,10,12H,6-9H2,1H3,(H2,14,17,18)/b3-2+. The zero-order valence-electron chi connectivity index (χ0n) is 11.0. The fourth-order valence-electron chi connectivity index (χ4n) is 2.36. The van der Waals surface area contributed by atoms with Gasteiger partial charge in [-0.15, -0.1) is 0 Å². The van der Waals surface area contributed by atoms with Gasteiger partial charge in [-0.05, 0) is 31.4 Å². The van der Waals surface area contributed by atoms with Crippen molar-refractivity contribution >= 4 is 16.3 Å². The lowest BCUT2D eigenvalue weighted by Crippen LogP contribution is -2.41. The highest BCUT2D eigenvalue weighted by atomic mass is 32.2. The van der Waals surface area contributed by atoms with Gasteiger partial charge in [-0.2, -0.15) is 12.7 Å². The summed E-state index contributed by atoms with van der Waals surface area (Å²) in [5, 5.41) is 5.12. The smallest absolute Gasteiger partial charge is 0.260 e. The number of aromatic nitrogens is 1. The van der Waals surface area contributed by atoms with Crippen LogP contribution in [0.2, 0.25) is 0 Å². The first-order valence-corrected chi connectivity index (χ1v) is 7.87. The summed E-state index contributed by atoms with van der Waals surface area (Å²) in [7, 11) is -3.54. The van der Waals surface area contributed by atoms with E-state index in [2.05, 4.69) is 4.98 Å². The van der Waals surface area contributed by atoms with E-state index >= 15 is 0 Å². The van der Waals surface area contributed by atoms with Crippen molar-refractivity contribution < 1.29 is 8.42 Å². The van der Waals surface area contributed by atoms with Crippen molar-refractivity contribution in [3.63, 3.8) is 0 Å². The van der Waals surface area contributed by atoms with Crippen LogP contribution in [0.1, 0.15) is 36.9 Å². The normalized spacial score (nSPS) is 19.1. The molecule has 0 aromatic carbocycles. The van der Waals surface area contributed by atoms with Crippen molar-refractivity contribution in [1.29, 1.82) is 0 Å². The minimum Gasteiger partial charge on any atom is -0.260 e. The van der Waals surface area contributed by atoms with Gasteiger partial charge in [-0.3, -0.25) is 4.98 Å². The van der Waals surface area contributed by atoms with E-state index in [0.717, 1.165) is 24.1 Å². The first-order valence-electron chi connectivity index (χ1n) is 6.37. The van der Waals surface area contributed by atoms with E-state index in [1.165, 1.54) is 4.31 Å². The van der Waals surface area contributed by atoms with E-state index in [-0.39, 0.29) is 0 Å². The number of piperidine rings is 1. The summed E-state index contributed by atoms with van der Waals surface area (Å²) in [6.45, 7) is 2.92. The van der Waals surface area contributed by atoms with Gasteiger partial charge in [0.05, 0.1) is 0 Å². The zero-order chi connectivity index (χ0) is 13.9. The van der Waals surface area contributed by atoms with Gasteiger partial charge in [0.2, 0.25) is 0 Å². The van der Waals surface area contributed by atoms with Gasteiger partial charge >= 0.3 is 0 Å². The summed E-state index contributed by atoms with van der Waals surface area (Å²) in [5.41, 5.74) is 2.11. The van der Waals surface area contributed by atoms with Crippen molar-refractivity contribution in [2.75, 3.05) is 13.1 Å². The SMILES string of the molecule is C/C=C/c1ccc(C2CCN(S(N)(=O)=O)CC2)nc1. The van der Waals surface area contributed by atoms with Crippen molar-refractivity contribution in [2.24, 2.45) is 5.14 Å². The van der Waals surface area contributed by atoms with Gasteiger partial charge in [0.1, 0.15) is 0 Å². The third-order valence-corrected chi connectivity index (χ3v) is 4.49. The molecule has 1 aromatic heterocycles. The van der Waals surface area contributed by atoms with Crippen LogP contribution in [-0.4, -0.2) is 30.8 Å². The minimum absolute atomic E-state index is 0.317. The molecule has 2 heterocycles. The molecule has 0 unspecified atom stereocenters. The molecular weight excluding hydrogens is 262 g/mol. The number of nitrogens with zero attached hydrogens (tertiary/aromatic N) is 2. The van der Waals surface area contributed by atoms with Crippen LogP contribution >= 0.6 is 0 Å². The maximum atomic E-state index is 11.2. The average Bonchev–Trinajstić information content (AvgIpc) is 2.39. The lowest BCUT2D eigenvalue weighted by Gasteiger charge is -2.29. The number of allylic oxidation sites excluding steroid dienone is 1. The molecule has 2 N–H and O–H groups in total. The fourth-order valence-corrected chi connectivity index (χ4v) is 3.08. The molecular formula is C13H19N3O2S. The predicted octanol–water partition coefficient (Wildman–Crippen LogP) is 1.50. The van der Waals surface area contributed by atoms with E-state index in [1.807, 2.05) is 37.4 Å². The lowest BCUT2D eigenvalue weighted by atomic mass is 9.94. The summed E-state index contributed by atoms with van der Waals surface area (Å²) in [6, 6.07) is 4.06. The van der Waals surface area contributed by atoms with Crippen LogP contribution in [-0.2, 0) is 10.2 Å². The molecule has 0 saturated carbocycles. The Balaban J connectivity index is 2.01. The molecule has 0 radical (unpaired) electrons. The van der Waals surface area contributed by atoms with Gasteiger partial charge in [0.25, 0.3) is 10.2 Å². The minimum atomic E-state index is -3.54. The number of nitrogens with two attached hydrogens (primary N) is 1. The highest BCUT2D eigenvalue weighted by Gasteiger charge is 2.26. The topological polar surface area (TPSA) is 76.3 Å². The molecule has 1 aliphatic rings. The average molecular weight is 281 g/mol. The molecule has 1 saturated heterocycles. The molecule has 6 heteroatoms. The summed E-state index contributed by atoms with van der Waals surface area (Å²) >= 11 is 0. The van der Waals surface area contributed by atoms with Crippen molar-refractivity contribution in [1.82, 2.24) is 9.29 Å². The van der Waals surface area contributed by atoms with Crippen LogP contribution in [0.15, 0.2) is 24.4 Å². The van der Waals surface area contributed by atoms with Gasteiger partial charge in [-0.25, -0.2) is 5.14 Å². The Morgan fingerprint density at radius 1 is 1.37 bits per heavy atom. The monoisotopic (exact) mass is 281 g/mol. The third kappa shape index (κ3) is 3.62. The second kappa shape index (κ2) is 5.81. The van der Waals surface area contributed by atoms with E-state index < -0.39 is 10.2 Å². The van der Waals surface area contributed by atoms with Crippen LogP contribution in [0, 0.1) is 0 Å². The Morgan fingerprint density at radius 3 is 2.53 bits per heavy atom. The largest absolute Gasteiger partial charge is 0.276 e. The van der Waals surface area contributed by atoms with Gasteiger partial charge in [-0.1, -0.05) is 18.2 Å². The third-order valence-electron chi connectivity index (χ3n) is 3.40. The molecule has 5 nitrogen and oxygen atoms in total. The van der Waals surface area contributed by atoms with Crippen LogP contribution in [0.25, 0.3) is 6.08 Å². The van der Waals surface area contributed by atoms with Gasteiger partial charge in [0.15, 0.2) is 0 Å². The molecule has 1 fully saturated rings. The first kappa shape index (κ1) is 14.2. The molecule has 0 bridgehead atoms. The number of hydrogen-bond donors (Lipinski definition) is 1. The van der Waals surface area contributed by atoms with E-state index in [9.17, 15) is 8.42 Å². The quantitative estimate of drug-likeness (QED) is 0.912. The van der Waals surface area contributed by atoms with E-state index in [4.69, 9.17) is 5.14 Å². The Kier molecular flexibility index (Phi) is 4.34. The first-order chi connectivity index (χ1) is 9.00. The van der Waals surface area contributed by atoms with Crippen LogP contribution in [0.4, 0.5) is 0 Å². The Hall–Kier alpha value is -1.24. The zero-order valence-corrected chi connectivity index (χ0v) is 11.8. The predicted molar refractivity (Wildman–Crippen MR) is 75.6 cm³/mol. The van der Waals surface area contributed by atoms with Crippen LogP contribution < -0.4 is 5.14 Å². The molecule has 0 amide bonds. The highest BCUT2D eigenvalue weighted by molar-refractivity contribution is 7.86. The maximum absolute atomic E-state index is 11.2. The van der Waals surface area contributed by atoms with E-state index in [0.29, 0.717) is 19.0 Å². The number of pyridine rings is 1. The van der Waals surface area contributed by atoms with Crippen molar-refractivity contribution in [3.8, 4) is 0 Å². The molecule has 2 rings (SSSR count). The number of hydrogen-bond acceptors (Lipinski definition) is 3. The van der Waals surface area contributed by atoms with Crippen molar-refractivity contribution in [2.45, 2.75) is 25.7 Å². The molecule has 0 spiro atoms. The van der Waals surface area contributed by atoms with Crippen LogP contribution in [0.5, 0.6) is 0 Å². The Morgan fingerprint density at radius 2 is 2.05 bits per heavy atom. The summed E-state index contributed by atoms with van der Waals surface area (Å²) < 4.78 is 23.8. The molecule has 104 valence electrons. The molecule has 19 heavy (non-hydrogen) atoms. The fraction of sp³-hybridized carbons (Fsp3) is 0.462. The molecule has 0 aliphatic carbocycles. The van der Waals surface area contributed by atoms with E-state index in [1.54, 1.807) is 0 Å². The summed E-state index contributed by atoms with van der Waals surface area (Å²) in [5.74, 6) is 0.317. The second-order valence-electron chi connectivity index (χ2n) is 4.73. The lowest BCUT2D eigenvalue weighted by molar-refractivity contribution is 0.317. The Labute approximate surface area is 114 Å². The van der Waals surface area contributed by atoms with Crippen LogP contribution in [0.3, 0.4) is 0 Å². The maximum Gasteiger partial charge on any atom is 0.276 e. The second-order valence-corrected chi connectivity index (χ2v) is 6.28. The highest BCUT2D eigenvalue weighted by Crippen LogP contribution is 2.27. The molecule has 1 aliphatic heterocycles. The number of rotatable bonds is 3. The Bertz CT molecular complexity index is 544.